The van der Waals surface area contributed by atoms with Crippen LogP contribution in [0.25, 0.3) is 0 Å². The van der Waals surface area contributed by atoms with Crippen LogP contribution in [0.2, 0.25) is 0 Å². The number of aliphatic carboxylic acids is 1. The Morgan fingerprint density at radius 2 is 2.25 bits per heavy atom. The first kappa shape index (κ1) is 12.4. The summed E-state index contributed by atoms with van der Waals surface area (Å²) in [7, 11) is 0. The lowest BCUT2D eigenvalue weighted by Crippen LogP contribution is -2.08. The molecule has 0 aliphatic rings. The van der Waals surface area contributed by atoms with Crippen molar-refractivity contribution in [2.24, 2.45) is 0 Å². The van der Waals surface area contributed by atoms with Gasteiger partial charge in [-0.1, -0.05) is 13.3 Å². The molecule has 1 aromatic carbocycles. The fourth-order valence-electron chi connectivity index (χ4n) is 1.52. The fraction of sp³-hybridized carbons (Fsp3) is 0.417. The Labute approximate surface area is 95.5 Å². The number of carbonyl (C=O) groups is 1. The highest BCUT2D eigenvalue weighted by atomic mass is 16.4. The monoisotopic (exact) mass is 222 g/mol. The van der Waals surface area contributed by atoms with Crippen molar-refractivity contribution < 1.29 is 9.90 Å². The van der Waals surface area contributed by atoms with Gasteiger partial charge in [0.1, 0.15) is 0 Å². The molecular weight excluding hydrogens is 204 g/mol. The highest BCUT2D eigenvalue weighted by molar-refractivity contribution is 5.67. The van der Waals surface area contributed by atoms with Gasteiger partial charge in [-0.25, -0.2) is 0 Å². The van der Waals surface area contributed by atoms with E-state index in [9.17, 15) is 4.79 Å². The highest BCUT2D eigenvalue weighted by Crippen LogP contribution is 2.19. The van der Waals surface area contributed by atoms with Crippen LogP contribution in [0.1, 0.15) is 25.3 Å². The Kier molecular flexibility index (Phi) is 4.64. The molecule has 0 atom stereocenters. The van der Waals surface area contributed by atoms with Crippen molar-refractivity contribution in [3.05, 3.63) is 23.8 Å². The molecule has 0 spiro atoms. The average Bonchev–Trinajstić information content (AvgIpc) is 2.22. The SMILES string of the molecule is CCCc1cc(NCCC(=O)O)ccc1N. The van der Waals surface area contributed by atoms with E-state index < -0.39 is 5.97 Å². The number of nitrogens with one attached hydrogen (secondary N) is 1. The molecule has 0 radical (unpaired) electrons. The zero-order chi connectivity index (χ0) is 12.0. The number of nitrogen functional groups attached to an aromatic ring is 1. The Balaban J connectivity index is 2.60. The molecule has 0 fully saturated rings. The van der Waals surface area contributed by atoms with Gasteiger partial charge in [0.15, 0.2) is 0 Å². The molecule has 4 nitrogen and oxygen atoms in total. The molecule has 0 unspecified atom stereocenters. The van der Waals surface area contributed by atoms with Crippen molar-refractivity contribution in [1.29, 1.82) is 0 Å². The normalized spacial score (nSPS) is 10.1. The van der Waals surface area contributed by atoms with E-state index in [1.54, 1.807) is 0 Å². The molecule has 0 saturated carbocycles. The summed E-state index contributed by atoms with van der Waals surface area (Å²) in [6, 6.07) is 5.71. The first-order chi connectivity index (χ1) is 7.63. The van der Waals surface area contributed by atoms with E-state index in [2.05, 4.69) is 12.2 Å². The van der Waals surface area contributed by atoms with Crippen LogP contribution in [0, 0.1) is 0 Å². The zero-order valence-corrected chi connectivity index (χ0v) is 9.49. The second kappa shape index (κ2) is 6.00. The van der Waals surface area contributed by atoms with E-state index >= 15 is 0 Å². The maximum atomic E-state index is 10.4. The third kappa shape index (κ3) is 3.81. The summed E-state index contributed by atoms with van der Waals surface area (Å²) >= 11 is 0. The average molecular weight is 222 g/mol. The van der Waals surface area contributed by atoms with Gasteiger partial charge in [-0.05, 0) is 30.2 Å². The molecule has 0 aliphatic carbocycles. The minimum Gasteiger partial charge on any atom is -0.481 e. The third-order valence-electron chi connectivity index (χ3n) is 2.33. The summed E-state index contributed by atoms with van der Waals surface area (Å²) in [6.45, 7) is 2.54. The van der Waals surface area contributed by atoms with Gasteiger partial charge in [-0.15, -0.1) is 0 Å². The summed E-state index contributed by atoms with van der Waals surface area (Å²) < 4.78 is 0. The summed E-state index contributed by atoms with van der Waals surface area (Å²) in [5.41, 5.74) is 8.67. The molecule has 4 heteroatoms. The predicted octanol–water partition coefficient (Wildman–Crippen LogP) is 2.11. The molecule has 0 amide bonds. The molecule has 0 aromatic heterocycles. The van der Waals surface area contributed by atoms with Crippen molar-refractivity contribution >= 4 is 17.3 Å². The van der Waals surface area contributed by atoms with Gasteiger partial charge >= 0.3 is 5.97 Å². The Bertz CT molecular complexity index is 364. The lowest BCUT2D eigenvalue weighted by molar-refractivity contribution is -0.136. The van der Waals surface area contributed by atoms with E-state index in [1.807, 2.05) is 18.2 Å². The molecular formula is C12H18N2O2. The number of benzene rings is 1. The molecule has 0 saturated heterocycles. The van der Waals surface area contributed by atoms with Crippen molar-refractivity contribution in [2.75, 3.05) is 17.6 Å². The van der Waals surface area contributed by atoms with Crippen molar-refractivity contribution in [2.45, 2.75) is 26.2 Å². The number of aryl methyl sites for hydroxylation is 1. The number of carboxylic acid groups (broad SMARTS) is 1. The van der Waals surface area contributed by atoms with Gasteiger partial charge in [0.2, 0.25) is 0 Å². The standard InChI is InChI=1S/C12H18N2O2/c1-2-3-9-8-10(4-5-11(9)13)14-7-6-12(15)16/h4-5,8,14H,2-3,6-7,13H2,1H3,(H,15,16). The molecule has 0 aliphatic heterocycles. The van der Waals surface area contributed by atoms with E-state index in [1.165, 1.54) is 0 Å². The predicted molar refractivity (Wildman–Crippen MR) is 65.6 cm³/mol. The topological polar surface area (TPSA) is 75.3 Å². The van der Waals surface area contributed by atoms with Gasteiger partial charge in [0.05, 0.1) is 6.42 Å². The lowest BCUT2D eigenvalue weighted by Gasteiger charge is -2.09. The van der Waals surface area contributed by atoms with Crippen LogP contribution in [-0.2, 0) is 11.2 Å². The quantitative estimate of drug-likeness (QED) is 0.644. The van der Waals surface area contributed by atoms with Gasteiger partial charge in [0, 0.05) is 17.9 Å². The number of carboxylic acids is 1. The van der Waals surface area contributed by atoms with Crippen LogP contribution in [0.15, 0.2) is 18.2 Å². The minimum atomic E-state index is -0.795. The smallest absolute Gasteiger partial charge is 0.305 e. The van der Waals surface area contributed by atoms with Crippen molar-refractivity contribution in [1.82, 2.24) is 0 Å². The molecule has 16 heavy (non-hydrogen) atoms. The lowest BCUT2D eigenvalue weighted by atomic mass is 10.1. The van der Waals surface area contributed by atoms with Crippen LogP contribution in [0.3, 0.4) is 0 Å². The molecule has 1 aromatic rings. The first-order valence-corrected chi connectivity index (χ1v) is 5.47. The molecule has 0 heterocycles. The Hall–Kier alpha value is -1.71. The van der Waals surface area contributed by atoms with Crippen LogP contribution >= 0.6 is 0 Å². The van der Waals surface area contributed by atoms with Gasteiger partial charge in [-0.3, -0.25) is 4.79 Å². The fourth-order valence-corrected chi connectivity index (χ4v) is 1.52. The second-order valence-corrected chi connectivity index (χ2v) is 3.73. The Morgan fingerprint density at radius 3 is 2.88 bits per heavy atom. The number of hydrogen-bond acceptors (Lipinski definition) is 3. The van der Waals surface area contributed by atoms with Crippen LogP contribution in [-0.4, -0.2) is 17.6 Å². The summed E-state index contributed by atoms with van der Waals surface area (Å²) in [5, 5.41) is 11.6. The highest BCUT2D eigenvalue weighted by Gasteiger charge is 2.01. The van der Waals surface area contributed by atoms with Crippen LogP contribution in [0.5, 0.6) is 0 Å². The minimum absolute atomic E-state index is 0.119. The summed E-state index contributed by atoms with van der Waals surface area (Å²) in [6.07, 6.45) is 2.11. The van der Waals surface area contributed by atoms with Gasteiger partial charge in [0.25, 0.3) is 0 Å². The van der Waals surface area contributed by atoms with E-state index in [4.69, 9.17) is 10.8 Å². The number of hydrogen-bond donors (Lipinski definition) is 3. The Morgan fingerprint density at radius 1 is 1.50 bits per heavy atom. The largest absolute Gasteiger partial charge is 0.481 e. The van der Waals surface area contributed by atoms with Gasteiger partial charge < -0.3 is 16.2 Å². The van der Waals surface area contributed by atoms with Crippen LogP contribution in [0.4, 0.5) is 11.4 Å². The van der Waals surface area contributed by atoms with E-state index in [0.717, 1.165) is 29.8 Å². The van der Waals surface area contributed by atoms with Crippen molar-refractivity contribution in [3.8, 4) is 0 Å². The molecule has 4 N–H and O–H groups in total. The van der Waals surface area contributed by atoms with E-state index in [0.29, 0.717) is 6.54 Å². The first-order valence-electron chi connectivity index (χ1n) is 5.47. The van der Waals surface area contributed by atoms with E-state index in [-0.39, 0.29) is 6.42 Å². The number of anilines is 2. The van der Waals surface area contributed by atoms with Gasteiger partial charge in [-0.2, -0.15) is 0 Å². The number of rotatable bonds is 6. The third-order valence-corrected chi connectivity index (χ3v) is 2.33. The van der Waals surface area contributed by atoms with Crippen LogP contribution < -0.4 is 11.1 Å². The molecule has 88 valence electrons. The zero-order valence-electron chi connectivity index (χ0n) is 9.49. The summed E-state index contributed by atoms with van der Waals surface area (Å²) in [4.78, 5) is 10.4. The van der Waals surface area contributed by atoms with Crippen molar-refractivity contribution in [3.63, 3.8) is 0 Å². The number of nitrogens with two attached hydrogens (primary N) is 1. The molecule has 1 rings (SSSR count). The molecule has 0 bridgehead atoms. The summed E-state index contributed by atoms with van der Waals surface area (Å²) in [5.74, 6) is -0.795. The second-order valence-electron chi connectivity index (χ2n) is 3.73. The maximum absolute atomic E-state index is 10.4. The maximum Gasteiger partial charge on any atom is 0.305 e.